The second-order valence-electron chi connectivity index (χ2n) is 7.77. The highest BCUT2D eigenvalue weighted by Crippen LogP contribution is 2.37. The van der Waals surface area contributed by atoms with Crippen molar-refractivity contribution < 1.29 is 55.4 Å². The molecule has 36 heavy (non-hydrogen) atoms. The molecule has 2 fully saturated rings. The van der Waals surface area contributed by atoms with E-state index in [9.17, 15) is 26.3 Å². The number of carbonyl (C=O) groups is 2. The molecule has 2 aromatic heterocycles. The van der Waals surface area contributed by atoms with Crippen molar-refractivity contribution in [3.8, 4) is 0 Å². The zero-order chi connectivity index (χ0) is 27.3. The third kappa shape index (κ3) is 8.41. The average molecular weight is 548 g/mol. The molecule has 17 heteroatoms. The van der Waals surface area contributed by atoms with Crippen LogP contribution in [0.25, 0.3) is 0 Å². The highest BCUT2D eigenvalue weighted by atomic mass is 32.1. The molecule has 0 unspecified atom stereocenters. The van der Waals surface area contributed by atoms with E-state index in [1.54, 1.807) is 11.3 Å². The molecule has 0 radical (unpaired) electrons. The Morgan fingerprint density at radius 2 is 1.72 bits per heavy atom. The number of piperidine rings is 1. The number of carboxylic acids is 2. The molecule has 2 saturated heterocycles. The minimum Gasteiger partial charge on any atom is -0.475 e. The molecule has 0 amide bonds. The van der Waals surface area contributed by atoms with Gasteiger partial charge in [0.25, 0.3) is 0 Å². The summed E-state index contributed by atoms with van der Waals surface area (Å²) in [6.45, 7) is 6.68. The summed E-state index contributed by atoms with van der Waals surface area (Å²) in [5.41, 5.74) is 3.06. The predicted octanol–water partition coefficient (Wildman–Crippen LogP) is 3.56. The summed E-state index contributed by atoms with van der Waals surface area (Å²) in [7, 11) is 0. The van der Waals surface area contributed by atoms with Gasteiger partial charge in [0.2, 0.25) is 5.89 Å². The minimum absolute atomic E-state index is 0.258. The van der Waals surface area contributed by atoms with Gasteiger partial charge in [0, 0.05) is 30.6 Å². The van der Waals surface area contributed by atoms with Gasteiger partial charge >= 0.3 is 24.3 Å². The molecule has 4 rings (SSSR count). The number of nitrogens with zero attached hydrogens (tertiary/aromatic N) is 4. The van der Waals surface area contributed by atoms with Crippen LogP contribution in [0.5, 0.6) is 0 Å². The zero-order valence-corrected chi connectivity index (χ0v) is 19.7. The van der Waals surface area contributed by atoms with E-state index in [4.69, 9.17) is 29.1 Å². The summed E-state index contributed by atoms with van der Waals surface area (Å²) in [5, 5.41) is 18.2. The molecule has 2 aliphatic heterocycles. The lowest BCUT2D eigenvalue weighted by Gasteiger charge is -2.39. The Morgan fingerprint density at radius 3 is 2.17 bits per heavy atom. The van der Waals surface area contributed by atoms with E-state index in [0.29, 0.717) is 11.9 Å². The predicted molar refractivity (Wildman–Crippen MR) is 109 cm³/mol. The average Bonchev–Trinajstić information content (AvgIpc) is 3.49. The number of aryl methyl sites for hydroxylation is 2. The highest BCUT2D eigenvalue weighted by Gasteiger charge is 2.42. The molecule has 0 aliphatic carbocycles. The number of fused-ring (bicyclic) bond motifs is 1. The molecule has 4 heterocycles. The molecule has 2 N–H and O–H groups in total. The fraction of sp³-hybridized carbons (Fsp3) is 0.632. The maximum atomic E-state index is 10.6. The quantitative estimate of drug-likeness (QED) is 0.548. The maximum absolute atomic E-state index is 10.6. The van der Waals surface area contributed by atoms with Crippen LogP contribution in [0, 0.1) is 13.8 Å². The van der Waals surface area contributed by atoms with Gasteiger partial charge in [-0.15, -0.1) is 11.3 Å². The summed E-state index contributed by atoms with van der Waals surface area (Å²) >= 11 is 1.73. The largest absolute Gasteiger partial charge is 0.490 e. The molecule has 202 valence electrons. The molecular formula is C19H22F6N4O6S. The van der Waals surface area contributed by atoms with Crippen LogP contribution in [0.1, 0.15) is 41.0 Å². The Labute approximate surface area is 203 Å². The van der Waals surface area contributed by atoms with E-state index in [1.165, 1.54) is 4.88 Å². The maximum Gasteiger partial charge on any atom is 0.490 e. The molecule has 2 aliphatic rings. The van der Waals surface area contributed by atoms with Crippen LogP contribution in [-0.4, -0.2) is 79.8 Å². The second-order valence-corrected chi connectivity index (χ2v) is 8.71. The Balaban J connectivity index is 0.000000271. The molecule has 0 bridgehead atoms. The Kier molecular flexibility index (Phi) is 9.78. The first kappa shape index (κ1) is 29.4. The van der Waals surface area contributed by atoms with E-state index >= 15 is 0 Å². The highest BCUT2D eigenvalue weighted by molar-refractivity contribution is 7.09. The molecule has 0 aromatic carbocycles. The first-order chi connectivity index (χ1) is 16.6. The lowest BCUT2D eigenvalue weighted by atomic mass is 9.90. The third-order valence-corrected chi connectivity index (χ3v) is 6.10. The van der Waals surface area contributed by atoms with Crippen LogP contribution in [0.3, 0.4) is 0 Å². The lowest BCUT2D eigenvalue weighted by molar-refractivity contribution is -0.193. The number of hydrogen-bond acceptors (Lipinski definition) is 9. The number of likely N-dealkylation sites (tertiary alicyclic amines) is 1. The van der Waals surface area contributed by atoms with E-state index in [0.717, 1.165) is 44.1 Å². The van der Waals surface area contributed by atoms with Crippen LogP contribution in [0.2, 0.25) is 0 Å². The van der Waals surface area contributed by atoms with E-state index < -0.39 is 24.3 Å². The first-order valence-corrected chi connectivity index (χ1v) is 11.1. The Hall–Kier alpha value is -2.79. The number of hydrogen-bond donors (Lipinski definition) is 2. The summed E-state index contributed by atoms with van der Waals surface area (Å²) in [6, 6.07) is 0.502. The number of thiazole rings is 1. The second kappa shape index (κ2) is 12.0. The molecule has 0 saturated carbocycles. The number of alkyl halides is 6. The van der Waals surface area contributed by atoms with E-state index in [1.807, 2.05) is 12.4 Å². The number of carboxylic acid groups (broad SMARTS) is 2. The van der Waals surface area contributed by atoms with Gasteiger partial charge in [0.15, 0.2) is 5.82 Å². The Morgan fingerprint density at radius 1 is 1.14 bits per heavy atom. The van der Waals surface area contributed by atoms with Crippen LogP contribution < -0.4 is 0 Å². The Bertz CT molecular complexity index is 1000. The van der Waals surface area contributed by atoms with Gasteiger partial charge in [-0.25, -0.2) is 14.6 Å². The zero-order valence-electron chi connectivity index (χ0n) is 18.8. The van der Waals surface area contributed by atoms with E-state index in [-0.39, 0.29) is 12.0 Å². The molecule has 2 aromatic rings. The minimum atomic E-state index is -5.08. The molecule has 10 nitrogen and oxygen atoms in total. The number of aromatic nitrogens is 3. The van der Waals surface area contributed by atoms with Gasteiger partial charge < -0.3 is 19.5 Å². The van der Waals surface area contributed by atoms with Gasteiger partial charge in [-0.3, -0.25) is 4.90 Å². The van der Waals surface area contributed by atoms with Crippen LogP contribution in [0.4, 0.5) is 26.3 Å². The van der Waals surface area contributed by atoms with Gasteiger partial charge in [-0.2, -0.15) is 31.3 Å². The number of aliphatic carboxylic acids is 2. The molecule has 3 atom stereocenters. The van der Waals surface area contributed by atoms with Gasteiger partial charge in [0.05, 0.1) is 23.2 Å². The van der Waals surface area contributed by atoms with Crippen molar-refractivity contribution >= 4 is 23.3 Å². The third-order valence-electron chi connectivity index (χ3n) is 5.18. The van der Waals surface area contributed by atoms with Crippen LogP contribution >= 0.6 is 11.3 Å². The molecule has 0 spiro atoms. The number of ether oxygens (including phenoxy) is 1. The fourth-order valence-corrected chi connectivity index (χ4v) is 4.36. The summed E-state index contributed by atoms with van der Waals surface area (Å²) < 4.78 is 74.8. The van der Waals surface area contributed by atoms with Crippen LogP contribution in [-0.2, 0) is 20.9 Å². The first-order valence-electron chi connectivity index (χ1n) is 10.2. The normalized spacial score (nSPS) is 22.1. The molecular weight excluding hydrogens is 526 g/mol. The standard InChI is InChI=1S/C15H20N4O2S.2C2HF3O2/c1-9-14(22-8-16-9)7-19-6-11(15-17-10(2)18-21-15)5-13-12(19)3-4-20-13;2*3-2(4,5)1(6)7/h8,11-13H,3-7H2,1-2H3;2*(H,6,7)/t11-,12-,13-;;/m1../s1. The summed E-state index contributed by atoms with van der Waals surface area (Å²) in [5.74, 6) is -3.81. The van der Waals surface area contributed by atoms with Crippen molar-refractivity contribution in [2.45, 2.75) is 63.7 Å². The van der Waals surface area contributed by atoms with Crippen molar-refractivity contribution in [3.63, 3.8) is 0 Å². The smallest absolute Gasteiger partial charge is 0.475 e. The summed E-state index contributed by atoms with van der Waals surface area (Å²) in [4.78, 5) is 30.4. The van der Waals surface area contributed by atoms with E-state index in [2.05, 4.69) is 26.9 Å². The number of halogens is 6. The van der Waals surface area contributed by atoms with Crippen molar-refractivity contribution in [3.05, 3.63) is 27.8 Å². The van der Waals surface area contributed by atoms with Crippen LogP contribution in [0.15, 0.2) is 10.0 Å². The monoisotopic (exact) mass is 548 g/mol. The topological polar surface area (TPSA) is 139 Å². The van der Waals surface area contributed by atoms with Gasteiger partial charge in [-0.05, 0) is 26.7 Å². The van der Waals surface area contributed by atoms with Crippen molar-refractivity contribution in [2.75, 3.05) is 13.2 Å². The fourth-order valence-electron chi connectivity index (χ4n) is 3.56. The van der Waals surface area contributed by atoms with Crippen molar-refractivity contribution in [2.24, 2.45) is 0 Å². The lowest BCUT2D eigenvalue weighted by Crippen LogP contribution is -2.48. The van der Waals surface area contributed by atoms with Crippen molar-refractivity contribution in [1.29, 1.82) is 0 Å². The SMILES string of the molecule is Cc1noc([C@@H]2C[C@H]3OCC[C@H]3N(Cc3scnc3C)C2)n1.O=C(O)C(F)(F)F.O=C(O)C(F)(F)F. The van der Waals surface area contributed by atoms with Crippen molar-refractivity contribution in [1.82, 2.24) is 20.0 Å². The van der Waals surface area contributed by atoms with Gasteiger partial charge in [-0.1, -0.05) is 5.16 Å². The van der Waals surface area contributed by atoms with Gasteiger partial charge in [0.1, 0.15) is 0 Å². The number of rotatable bonds is 3. The summed E-state index contributed by atoms with van der Waals surface area (Å²) in [6.07, 6.45) is -7.80.